The van der Waals surface area contributed by atoms with E-state index in [1.807, 2.05) is 35.2 Å². The molecular weight excluding hydrogens is 342 g/mol. The smallest absolute Gasteiger partial charge is 0.254 e. The van der Waals surface area contributed by atoms with Gasteiger partial charge in [-0.1, -0.05) is 12.1 Å². The first kappa shape index (κ1) is 17.4. The molecule has 4 rings (SSSR count). The highest BCUT2D eigenvalue weighted by atomic mass is 16.5. The third-order valence-corrected chi connectivity index (χ3v) is 5.22. The van der Waals surface area contributed by atoms with E-state index in [-0.39, 0.29) is 24.4 Å². The third-order valence-electron chi connectivity index (χ3n) is 5.22. The van der Waals surface area contributed by atoms with Crippen LogP contribution >= 0.6 is 0 Å². The highest BCUT2D eigenvalue weighted by molar-refractivity contribution is 6.03. The van der Waals surface area contributed by atoms with Crippen LogP contribution in [0.25, 0.3) is 0 Å². The molecule has 2 aliphatic rings. The summed E-state index contributed by atoms with van der Waals surface area (Å²) in [5.74, 6) is 0.692. The van der Waals surface area contributed by atoms with Crippen molar-refractivity contribution in [2.24, 2.45) is 0 Å². The van der Waals surface area contributed by atoms with Gasteiger partial charge in [0.2, 0.25) is 5.91 Å². The van der Waals surface area contributed by atoms with Gasteiger partial charge in [0.05, 0.1) is 31.1 Å². The van der Waals surface area contributed by atoms with Crippen molar-refractivity contribution in [1.29, 1.82) is 0 Å². The van der Waals surface area contributed by atoms with Crippen molar-refractivity contribution in [3.8, 4) is 5.75 Å². The Balaban J connectivity index is 1.63. The average Bonchev–Trinajstić information content (AvgIpc) is 2.72. The number of benzene rings is 2. The third kappa shape index (κ3) is 3.47. The van der Waals surface area contributed by atoms with E-state index in [0.29, 0.717) is 11.3 Å². The second kappa shape index (κ2) is 7.31. The first-order valence-electron chi connectivity index (χ1n) is 9.28. The minimum atomic E-state index is -0.0978. The molecular formula is C21H23N3O3. The summed E-state index contributed by atoms with van der Waals surface area (Å²) in [5.41, 5.74) is 3.18. The van der Waals surface area contributed by atoms with Crippen molar-refractivity contribution in [1.82, 2.24) is 4.90 Å². The SMILES string of the molecule is COc1cccc([C@H]2CCCCN2C(=O)c2ccc3c(c2)NC(=O)CN3)c1. The van der Waals surface area contributed by atoms with Gasteiger partial charge in [0, 0.05) is 12.1 Å². The van der Waals surface area contributed by atoms with Gasteiger partial charge in [-0.3, -0.25) is 9.59 Å². The normalized spacial score (nSPS) is 18.9. The summed E-state index contributed by atoms with van der Waals surface area (Å²) in [7, 11) is 1.65. The number of fused-ring (bicyclic) bond motifs is 1. The number of piperidine rings is 1. The average molecular weight is 365 g/mol. The molecule has 2 N–H and O–H groups in total. The standard InChI is InChI=1S/C21H23N3O3/c1-27-16-6-4-5-14(11-16)19-7-2-3-10-24(19)21(26)15-8-9-17-18(12-15)23-20(25)13-22-17/h4-6,8-9,11-12,19,22H,2-3,7,10,13H2,1H3,(H,23,25)/t19-/m1/s1. The fraction of sp³-hybridized carbons (Fsp3) is 0.333. The number of nitrogens with one attached hydrogen (secondary N) is 2. The molecule has 140 valence electrons. The lowest BCUT2D eigenvalue weighted by Gasteiger charge is -2.36. The molecule has 0 spiro atoms. The number of carbonyl (C=O) groups is 2. The largest absolute Gasteiger partial charge is 0.497 e. The van der Waals surface area contributed by atoms with Crippen molar-refractivity contribution < 1.29 is 14.3 Å². The lowest BCUT2D eigenvalue weighted by Crippen LogP contribution is -2.38. The number of carbonyl (C=O) groups excluding carboxylic acids is 2. The Bertz CT molecular complexity index is 881. The number of methoxy groups -OCH3 is 1. The van der Waals surface area contributed by atoms with Gasteiger partial charge in [-0.2, -0.15) is 0 Å². The first-order valence-corrected chi connectivity index (χ1v) is 9.28. The lowest BCUT2D eigenvalue weighted by molar-refractivity contribution is -0.114. The van der Waals surface area contributed by atoms with Crippen LogP contribution in [0.3, 0.4) is 0 Å². The number of rotatable bonds is 3. The number of amides is 2. The first-order chi connectivity index (χ1) is 13.2. The summed E-state index contributed by atoms with van der Waals surface area (Å²) in [6.45, 7) is 0.979. The number of hydrogen-bond donors (Lipinski definition) is 2. The van der Waals surface area contributed by atoms with E-state index in [4.69, 9.17) is 4.74 Å². The number of ether oxygens (including phenoxy) is 1. The van der Waals surface area contributed by atoms with Gasteiger partial charge in [-0.05, 0) is 55.2 Å². The van der Waals surface area contributed by atoms with Gasteiger partial charge < -0.3 is 20.3 Å². The molecule has 1 fully saturated rings. The highest BCUT2D eigenvalue weighted by Gasteiger charge is 2.29. The maximum Gasteiger partial charge on any atom is 0.254 e. The second-order valence-corrected chi connectivity index (χ2v) is 6.95. The summed E-state index contributed by atoms with van der Waals surface area (Å²) >= 11 is 0. The molecule has 0 aromatic heterocycles. The minimum Gasteiger partial charge on any atom is -0.497 e. The Morgan fingerprint density at radius 1 is 1.15 bits per heavy atom. The molecule has 2 aromatic rings. The van der Waals surface area contributed by atoms with E-state index < -0.39 is 0 Å². The summed E-state index contributed by atoms with van der Waals surface area (Å²) in [5, 5.41) is 5.88. The molecule has 2 amide bonds. The van der Waals surface area contributed by atoms with E-state index in [1.54, 1.807) is 13.2 Å². The fourth-order valence-corrected chi connectivity index (χ4v) is 3.84. The molecule has 27 heavy (non-hydrogen) atoms. The van der Waals surface area contributed by atoms with E-state index in [1.165, 1.54) is 0 Å². The summed E-state index contributed by atoms with van der Waals surface area (Å²) in [6.07, 6.45) is 3.02. The van der Waals surface area contributed by atoms with Gasteiger partial charge in [0.1, 0.15) is 5.75 Å². The number of likely N-dealkylation sites (tertiary alicyclic amines) is 1. The van der Waals surface area contributed by atoms with E-state index >= 15 is 0 Å². The molecule has 1 atom stereocenters. The molecule has 6 nitrogen and oxygen atoms in total. The maximum absolute atomic E-state index is 13.3. The van der Waals surface area contributed by atoms with Crippen LogP contribution in [0.5, 0.6) is 5.75 Å². The van der Waals surface area contributed by atoms with Crippen molar-refractivity contribution in [3.05, 3.63) is 53.6 Å². The predicted molar refractivity (Wildman–Crippen MR) is 104 cm³/mol. The monoisotopic (exact) mass is 365 g/mol. The predicted octanol–water partition coefficient (Wildman–Crippen LogP) is 3.43. The number of anilines is 2. The number of nitrogens with zero attached hydrogens (tertiary/aromatic N) is 1. The lowest BCUT2D eigenvalue weighted by atomic mass is 9.94. The van der Waals surface area contributed by atoms with Gasteiger partial charge in [-0.25, -0.2) is 0 Å². The molecule has 0 saturated carbocycles. The molecule has 0 radical (unpaired) electrons. The molecule has 6 heteroatoms. The van der Waals surface area contributed by atoms with Gasteiger partial charge >= 0.3 is 0 Å². The molecule has 2 aliphatic heterocycles. The van der Waals surface area contributed by atoms with Gasteiger partial charge in [0.15, 0.2) is 0 Å². The summed E-state index contributed by atoms with van der Waals surface area (Å²) in [6, 6.07) is 13.4. The topological polar surface area (TPSA) is 70.7 Å². The maximum atomic E-state index is 13.3. The Morgan fingerprint density at radius 3 is 2.89 bits per heavy atom. The van der Waals surface area contributed by atoms with Gasteiger partial charge in [0.25, 0.3) is 5.91 Å². The molecule has 0 bridgehead atoms. The van der Waals surface area contributed by atoms with Crippen LogP contribution in [-0.2, 0) is 4.79 Å². The van der Waals surface area contributed by atoms with Crippen molar-refractivity contribution in [3.63, 3.8) is 0 Å². The summed E-state index contributed by atoms with van der Waals surface area (Å²) < 4.78 is 5.35. The van der Waals surface area contributed by atoms with E-state index in [0.717, 1.165) is 42.8 Å². The van der Waals surface area contributed by atoms with E-state index in [2.05, 4.69) is 16.7 Å². The van der Waals surface area contributed by atoms with Crippen LogP contribution in [0.2, 0.25) is 0 Å². The van der Waals surface area contributed by atoms with Crippen LogP contribution in [0, 0.1) is 0 Å². The molecule has 1 saturated heterocycles. The van der Waals surface area contributed by atoms with Crippen LogP contribution in [-0.4, -0.2) is 36.9 Å². The van der Waals surface area contributed by atoms with Gasteiger partial charge in [-0.15, -0.1) is 0 Å². The second-order valence-electron chi connectivity index (χ2n) is 6.95. The Kier molecular flexibility index (Phi) is 4.71. The van der Waals surface area contributed by atoms with Crippen molar-refractivity contribution >= 4 is 23.2 Å². The Morgan fingerprint density at radius 2 is 2.04 bits per heavy atom. The minimum absolute atomic E-state index is 0.00913. The van der Waals surface area contributed by atoms with Crippen molar-refractivity contribution in [2.45, 2.75) is 25.3 Å². The summed E-state index contributed by atoms with van der Waals surface area (Å²) in [4.78, 5) is 26.8. The van der Waals surface area contributed by atoms with Crippen LogP contribution in [0.4, 0.5) is 11.4 Å². The fourth-order valence-electron chi connectivity index (χ4n) is 3.84. The van der Waals surface area contributed by atoms with Crippen molar-refractivity contribution in [2.75, 3.05) is 30.8 Å². The molecule has 0 unspecified atom stereocenters. The quantitative estimate of drug-likeness (QED) is 0.874. The molecule has 0 aliphatic carbocycles. The van der Waals surface area contributed by atoms with Crippen LogP contribution in [0.15, 0.2) is 42.5 Å². The molecule has 2 aromatic carbocycles. The zero-order chi connectivity index (χ0) is 18.8. The highest BCUT2D eigenvalue weighted by Crippen LogP contribution is 2.34. The Labute approximate surface area is 158 Å². The van der Waals surface area contributed by atoms with Crippen LogP contribution < -0.4 is 15.4 Å². The van der Waals surface area contributed by atoms with E-state index in [9.17, 15) is 9.59 Å². The zero-order valence-electron chi connectivity index (χ0n) is 15.3. The zero-order valence-corrected chi connectivity index (χ0v) is 15.3. The number of hydrogen-bond acceptors (Lipinski definition) is 4. The molecule has 2 heterocycles. The van der Waals surface area contributed by atoms with Crippen LogP contribution in [0.1, 0.15) is 41.2 Å². The Hall–Kier alpha value is -3.02.